The molecule has 0 aromatic carbocycles. The highest BCUT2D eigenvalue weighted by Crippen LogP contribution is 2.72. The number of rotatable bonds is 0. The molecule has 0 nitrogen and oxygen atoms in total. The second kappa shape index (κ2) is 7.14. The minimum absolute atomic E-state index is 0.940. The third kappa shape index (κ3) is 3.13. The summed E-state index contributed by atoms with van der Waals surface area (Å²) in [6, 6.07) is 0. The Morgan fingerprint density at radius 2 is 0.852 bits per heavy atom. The lowest BCUT2D eigenvalue weighted by atomic mass is 9.54. The maximum absolute atomic E-state index is 2.14. The molecule has 8 rings (SSSR count). The first-order chi connectivity index (χ1) is 13.3. The Labute approximate surface area is 194 Å². The fourth-order valence-corrected chi connectivity index (χ4v) is 18.6. The quantitative estimate of drug-likeness (QED) is 0.318. The molecule has 8 heteroatoms. The zero-order valence-corrected chi connectivity index (χ0v) is 21.1. The van der Waals surface area contributed by atoms with Crippen molar-refractivity contribution in [1.82, 2.24) is 0 Å². The first-order valence-electron chi connectivity index (χ1n) is 9.59. The van der Waals surface area contributed by atoms with Crippen LogP contribution < -0.4 is 0 Å². The van der Waals surface area contributed by atoms with Crippen LogP contribution in [0.25, 0.3) is 0 Å². The zero-order chi connectivity index (χ0) is 17.5. The average Bonchev–Trinajstić information content (AvgIpc) is 3.33. The van der Waals surface area contributed by atoms with Crippen molar-refractivity contribution in [3.05, 3.63) is 35.2 Å². The molecule has 0 unspecified atom stereocenters. The number of hydrogen-bond acceptors (Lipinski definition) is 8. The van der Waals surface area contributed by atoms with E-state index < -0.39 is 0 Å². The van der Waals surface area contributed by atoms with Crippen molar-refractivity contribution in [2.45, 2.75) is 32.1 Å². The lowest BCUT2D eigenvalue weighted by molar-refractivity contribution is 0.0698. The molecule has 0 radical (unpaired) electrons. The van der Waals surface area contributed by atoms with Gasteiger partial charge in [-0.1, -0.05) is 70.6 Å². The van der Waals surface area contributed by atoms with E-state index in [1.165, 1.54) is 37.2 Å². The van der Waals surface area contributed by atoms with Gasteiger partial charge in [0.1, 0.15) is 0 Å². The highest BCUT2D eigenvalue weighted by molar-refractivity contribution is 8.49. The van der Waals surface area contributed by atoms with Crippen molar-refractivity contribution in [2.24, 2.45) is 23.7 Å². The van der Waals surface area contributed by atoms with Crippen molar-refractivity contribution in [3.8, 4) is 0 Å². The molecular weight excluding hydrogens is 485 g/mol. The van der Waals surface area contributed by atoms with E-state index in [1.54, 1.807) is 36.1 Å². The molecule has 0 atom stereocenters. The van der Waals surface area contributed by atoms with Crippen LogP contribution in [-0.2, 0) is 0 Å². The smallest absolute Gasteiger partial charge is 0.0718 e. The Morgan fingerprint density at radius 1 is 0.444 bits per heavy atom. The largest absolute Gasteiger partial charge is 0.116 e. The lowest BCUT2D eigenvalue weighted by Gasteiger charge is -2.51. The molecule has 0 aromatic heterocycles. The van der Waals surface area contributed by atoms with Gasteiger partial charge < -0.3 is 0 Å². The summed E-state index contributed by atoms with van der Waals surface area (Å²) in [5.41, 5.74) is 1.90. The molecule has 0 amide bonds. The monoisotopic (exact) mass is 502 g/mol. The van der Waals surface area contributed by atoms with Crippen LogP contribution in [0.4, 0.5) is 0 Å². The van der Waals surface area contributed by atoms with E-state index in [-0.39, 0.29) is 0 Å². The SMILES string of the molecule is C1CSC2=C(S1)SC(=C1SC3=C(S1)SC(=C1C4CC5CC(C4)CC1C5)S3)S2. The van der Waals surface area contributed by atoms with Crippen LogP contribution in [0.2, 0.25) is 0 Å². The summed E-state index contributed by atoms with van der Waals surface area (Å²) in [5.74, 6) is 6.57. The van der Waals surface area contributed by atoms with Crippen molar-refractivity contribution >= 4 is 94.1 Å². The van der Waals surface area contributed by atoms with Gasteiger partial charge in [-0.2, -0.15) is 0 Å². The van der Waals surface area contributed by atoms with Crippen molar-refractivity contribution in [2.75, 3.05) is 11.5 Å². The van der Waals surface area contributed by atoms with E-state index in [0.29, 0.717) is 0 Å². The molecule has 8 aliphatic rings. The van der Waals surface area contributed by atoms with Gasteiger partial charge in [-0.3, -0.25) is 0 Å². The Morgan fingerprint density at radius 3 is 1.33 bits per heavy atom. The van der Waals surface area contributed by atoms with Gasteiger partial charge >= 0.3 is 0 Å². The average molecular weight is 503 g/mol. The maximum atomic E-state index is 2.14. The molecule has 4 saturated carbocycles. The lowest BCUT2D eigenvalue weighted by Crippen LogP contribution is -2.40. The minimum Gasteiger partial charge on any atom is -0.116 e. The summed E-state index contributed by atoms with van der Waals surface area (Å²) in [4.78, 5) is 0. The standard InChI is InChI=1S/C19H18S8/c1-2-21-15-14(20-1)24-18(25-15)19-26-16-17(27-19)23-13(22-16)12-10-4-8-3-9(6-10)7-11(12)5-8/h8-11H,1-7H2. The summed E-state index contributed by atoms with van der Waals surface area (Å²) >= 11 is 16.6. The van der Waals surface area contributed by atoms with Crippen LogP contribution in [0.5, 0.6) is 0 Å². The number of hydrogen-bond donors (Lipinski definition) is 0. The van der Waals surface area contributed by atoms with Crippen LogP contribution >= 0.6 is 94.1 Å². The molecule has 4 bridgehead atoms. The Balaban J connectivity index is 1.10. The maximum Gasteiger partial charge on any atom is 0.0718 e. The molecule has 4 aliphatic carbocycles. The summed E-state index contributed by atoms with van der Waals surface area (Å²) < 4.78 is 11.1. The zero-order valence-electron chi connectivity index (χ0n) is 14.5. The Kier molecular flexibility index (Phi) is 4.85. The van der Waals surface area contributed by atoms with Gasteiger partial charge in [0.15, 0.2) is 0 Å². The van der Waals surface area contributed by atoms with E-state index in [4.69, 9.17) is 0 Å². The molecule has 4 fully saturated rings. The van der Waals surface area contributed by atoms with Crippen molar-refractivity contribution in [3.63, 3.8) is 0 Å². The molecule has 142 valence electrons. The highest BCUT2D eigenvalue weighted by Gasteiger charge is 2.47. The summed E-state index contributed by atoms with van der Waals surface area (Å²) in [6.07, 6.45) is 7.58. The third-order valence-corrected chi connectivity index (χ3v) is 18.4. The van der Waals surface area contributed by atoms with Crippen molar-refractivity contribution < 1.29 is 0 Å². The normalized spacial score (nSPS) is 40.0. The van der Waals surface area contributed by atoms with Gasteiger partial charge in [-0.15, -0.1) is 23.5 Å². The van der Waals surface area contributed by atoms with E-state index >= 15 is 0 Å². The molecule has 4 heterocycles. The first-order valence-corrected chi connectivity index (χ1v) is 16.5. The van der Waals surface area contributed by atoms with Crippen molar-refractivity contribution in [1.29, 1.82) is 0 Å². The van der Waals surface area contributed by atoms with Crippen LogP contribution in [0.15, 0.2) is 35.2 Å². The van der Waals surface area contributed by atoms with E-state index in [1.807, 2.05) is 29.1 Å². The number of allylic oxidation sites excluding steroid dienone is 1. The fraction of sp³-hybridized carbons (Fsp3) is 0.579. The van der Waals surface area contributed by atoms with Crippen LogP contribution in [0, 0.1) is 23.7 Å². The summed E-state index contributed by atoms with van der Waals surface area (Å²) in [7, 11) is 0. The predicted octanol–water partition coefficient (Wildman–Crippen LogP) is 8.95. The highest BCUT2D eigenvalue weighted by atomic mass is 32.3. The van der Waals surface area contributed by atoms with Crippen LogP contribution in [0.1, 0.15) is 32.1 Å². The van der Waals surface area contributed by atoms with Gasteiger partial charge in [0, 0.05) is 11.5 Å². The van der Waals surface area contributed by atoms with E-state index in [9.17, 15) is 0 Å². The van der Waals surface area contributed by atoms with E-state index in [2.05, 4.69) is 70.6 Å². The first kappa shape index (κ1) is 18.3. The molecule has 0 aromatic rings. The second-order valence-electron chi connectivity index (χ2n) is 8.08. The topological polar surface area (TPSA) is 0 Å². The predicted molar refractivity (Wildman–Crippen MR) is 136 cm³/mol. The van der Waals surface area contributed by atoms with Gasteiger partial charge in [-0.05, 0) is 61.3 Å². The van der Waals surface area contributed by atoms with Crippen LogP contribution in [-0.4, -0.2) is 11.5 Å². The Bertz CT molecular complexity index is 791. The van der Waals surface area contributed by atoms with Gasteiger partial charge in [0.25, 0.3) is 0 Å². The third-order valence-electron chi connectivity index (χ3n) is 6.42. The number of thioether (sulfide) groups is 8. The summed E-state index contributed by atoms with van der Waals surface area (Å²) in [5, 5.41) is 0. The second-order valence-corrected chi connectivity index (χ2v) is 18.2. The molecule has 27 heavy (non-hydrogen) atoms. The fourth-order valence-electron chi connectivity index (χ4n) is 5.61. The van der Waals surface area contributed by atoms with Gasteiger partial charge in [0.05, 0.1) is 29.7 Å². The summed E-state index contributed by atoms with van der Waals surface area (Å²) in [6.45, 7) is 0. The van der Waals surface area contributed by atoms with Gasteiger partial charge in [-0.25, -0.2) is 0 Å². The van der Waals surface area contributed by atoms with E-state index in [0.717, 1.165) is 23.7 Å². The molecule has 0 spiro atoms. The van der Waals surface area contributed by atoms with Gasteiger partial charge in [0.2, 0.25) is 0 Å². The molecule has 4 aliphatic heterocycles. The Hall–Kier alpha value is 1.76. The molecule has 0 N–H and O–H groups in total. The van der Waals surface area contributed by atoms with Crippen LogP contribution in [0.3, 0.4) is 0 Å². The molecule has 0 saturated heterocycles. The molecular formula is C19H18S8. The minimum atomic E-state index is 0.940.